The number of benzene rings is 2. The van der Waals surface area contributed by atoms with Crippen LogP contribution < -0.4 is 4.74 Å². The van der Waals surface area contributed by atoms with Gasteiger partial charge in [-0.15, -0.1) is 6.58 Å². The van der Waals surface area contributed by atoms with Gasteiger partial charge >= 0.3 is 0 Å². The first-order valence-corrected chi connectivity index (χ1v) is 13.3. The Balaban J connectivity index is 1.38. The van der Waals surface area contributed by atoms with Gasteiger partial charge in [0.2, 0.25) is 5.91 Å². The molecular formula is C28H30Cl2N2O4. The molecule has 1 saturated heterocycles. The number of ether oxygens (including phenoxy) is 1. The molecule has 0 unspecified atom stereocenters. The lowest BCUT2D eigenvalue weighted by molar-refractivity contribution is -0.198. The number of likely N-dealkylation sites (N-methyl/N-ethyl adjacent to an activating group) is 1. The minimum atomic E-state index is -1.02. The van der Waals surface area contributed by atoms with Crippen molar-refractivity contribution < 1.29 is 19.7 Å². The number of carbonyl (C=O) groups excluding carboxylic acids is 1. The summed E-state index contributed by atoms with van der Waals surface area (Å²) in [7, 11) is 1.81. The van der Waals surface area contributed by atoms with Crippen LogP contribution in [0.15, 0.2) is 43.0 Å². The van der Waals surface area contributed by atoms with E-state index >= 15 is 0 Å². The summed E-state index contributed by atoms with van der Waals surface area (Å²) in [6.07, 6.45) is 4.17. The Labute approximate surface area is 221 Å². The molecule has 190 valence electrons. The third kappa shape index (κ3) is 3.14. The normalized spacial score (nSPS) is 31.9. The first-order chi connectivity index (χ1) is 17.2. The maximum absolute atomic E-state index is 13.4. The van der Waals surface area contributed by atoms with Crippen LogP contribution >= 0.6 is 23.2 Å². The maximum Gasteiger partial charge on any atom is 0.227 e. The van der Waals surface area contributed by atoms with Crippen LogP contribution in [0.25, 0.3) is 0 Å². The molecule has 2 heterocycles. The highest BCUT2D eigenvalue weighted by Gasteiger charge is 2.73. The van der Waals surface area contributed by atoms with E-state index < -0.39 is 17.1 Å². The van der Waals surface area contributed by atoms with Crippen LogP contribution in [0.5, 0.6) is 11.5 Å². The number of piperidine rings is 1. The van der Waals surface area contributed by atoms with Crippen LogP contribution in [-0.4, -0.2) is 69.8 Å². The minimum Gasteiger partial charge on any atom is -0.504 e. The van der Waals surface area contributed by atoms with Gasteiger partial charge in [0, 0.05) is 25.2 Å². The second kappa shape index (κ2) is 8.38. The average Bonchev–Trinajstić information content (AvgIpc) is 3.20. The molecule has 1 saturated carbocycles. The Morgan fingerprint density at radius 1 is 1.28 bits per heavy atom. The highest BCUT2D eigenvalue weighted by atomic mass is 35.5. The van der Waals surface area contributed by atoms with E-state index in [1.54, 1.807) is 23.1 Å². The monoisotopic (exact) mass is 528 g/mol. The van der Waals surface area contributed by atoms with Crippen LogP contribution in [0.3, 0.4) is 0 Å². The number of hydrogen-bond acceptors (Lipinski definition) is 5. The van der Waals surface area contributed by atoms with E-state index in [0.29, 0.717) is 48.0 Å². The Hall–Kier alpha value is -2.25. The number of amides is 1. The highest BCUT2D eigenvalue weighted by molar-refractivity contribution is 6.42. The molecule has 5 atom stereocenters. The summed E-state index contributed by atoms with van der Waals surface area (Å²) in [5, 5.41) is 24.1. The van der Waals surface area contributed by atoms with Crippen molar-refractivity contribution in [1.82, 2.24) is 9.80 Å². The molecular weight excluding hydrogens is 499 g/mol. The Kier molecular flexibility index (Phi) is 5.61. The lowest BCUT2D eigenvalue weighted by Gasteiger charge is -2.64. The van der Waals surface area contributed by atoms with Crippen LogP contribution in [0.2, 0.25) is 10.0 Å². The summed E-state index contributed by atoms with van der Waals surface area (Å²) in [4.78, 5) is 17.5. The van der Waals surface area contributed by atoms with Gasteiger partial charge in [0.05, 0.1) is 33.5 Å². The topological polar surface area (TPSA) is 73.2 Å². The average molecular weight is 529 g/mol. The number of carbonyl (C=O) groups is 1. The number of hydrogen-bond donors (Lipinski definition) is 2. The standard InChI is InChI=1S/C28H30Cl2N2O4/c1-3-11-32-12-10-27-24-17-5-7-21(33)25(24)36-26(27)20(8-9-28(27,35)22(32)15-17)31(2)23(34)14-16-4-6-18(29)19(30)13-16/h3-7,13,20,22,26,33,35H,1,8-12,14-15H2,2H3/t20-,22+,26-,27-,28+/m0/s1. The van der Waals surface area contributed by atoms with Gasteiger partial charge in [-0.3, -0.25) is 9.69 Å². The van der Waals surface area contributed by atoms with E-state index in [1.807, 2.05) is 25.3 Å². The van der Waals surface area contributed by atoms with Gasteiger partial charge in [-0.25, -0.2) is 0 Å². The summed E-state index contributed by atoms with van der Waals surface area (Å²) >= 11 is 12.2. The molecule has 8 heteroatoms. The molecule has 4 aliphatic rings. The molecule has 2 fully saturated rings. The fourth-order valence-electron chi connectivity index (χ4n) is 7.52. The quantitative estimate of drug-likeness (QED) is 0.571. The molecule has 2 bridgehead atoms. The first-order valence-electron chi connectivity index (χ1n) is 12.5. The molecule has 6 rings (SSSR count). The predicted octanol–water partition coefficient (Wildman–Crippen LogP) is 4.11. The summed E-state index contributed by atoms with van der Waals surface area (Å²) in [5.74, 6) is 0.514. The van der Waals surface area contributed by atoms with Crippen LogP contribution in [0, 0.1) is 0 Å². The number of nitrogens with zero attached hydrogens (tertiary/aromatic N) is 2. The van der Waals surface area contributed by atoms with E-state index in [4.69, 9.17) is 27.9 Å². The van der Waals surface area contributed by atoms with Gasteiger partial charge in [0.15, 0.2) is 11.5 Å². The van der Waals surface area contributed by atoms with E-state index in [-0.39, 0.29) is 30.2 Å². The second-order valence-electron chi connectivity index (χ2n) is 10.7. The molecule has 2 aliphatic carbocycles. The first kappa shape index (κ1) is 24.1. The van der Waals surface area contributed by atoms with Crippen molar-refractivity contribution in [3.63, 3.8) is 0 Å². The largest absolute Gasteiger partial charge is 0.504 e. The summed E-state index contributed by atoms with van der Waals surface area (Å²) in [6.45, 7) is 5.43. The van der Waals surface area contributed by atoms with E-state index in [2.05, 4.69) is 11.5 Å². The van der Waals surface area contributed by atoms with Crippen molar-refractivity contribution in [3.05, 3.63) is 69.7 Å². The SMILES string of the molecule is C=CCN1CC[C@]23c4c5ccc(O)c4O[C@H]2[C@@H](N(C)C(=O)Cc2ccc(Cl)c(Cl)c2)CC[C@@]3(O)[C@H]1C5. The van der Waals surface area contributed by atoms with Gasteiger partial charge in [-0.05, 0) is 61.6 Å². The van der Waals surface area contributed by atoms with Crippen molar-refractivity contribution in [2.75, 3.05) is 20.1 Å². The zero-order valence-electron chi connectivity index (χ0n) is 20.2. The van der Waals surface area contributed by atoms with Crippen LogP contribution in [0.1, 0.15) is 36.0 Å². The van der Waals surface area contributed by atoms with Gasteiger partial charge in [-0.2, -0.15) is 0 Å². The number of phenolic OH excluding ortho intramolecular Hbond substituents is 1. The van der Waals surface area contributed by atoms with Crippen molar-refractivity contribution in [2.45, 2.75) is 61.3 Å². The number of rotatable bonds is 5. The van der Waals surface area contributed by atoms with Gasteiger partial charge in [0.1, 0.15) is 6.10 Å². The molecule has 2 N–H and O–H groups in total. The maximum atomic E-state index is 13.4. The number of aromatic hydroxyl groups is 1. The Bertz CT molecular complexity index is 1270. The zero-order chi connectivity index (χ0) is 25.4. The predicted molar refractivity (Wildman–Crippen MR) is 139 cm³/mol. The number of aliphatic hydroxyl groups is 1. The van der Waals surface area contributed by atoms with Gasteiger partial charge < -0.3 is 19.8 Å². The molecule has 6 nitrogen and oxygen atoms in total. The molecule has 1 spiro atoms. The van der Waals surface area contributed by atoms with E-state index in [1.165, 1.54) is 0 Å². The lowest BCUT2D eigenvalue weighted by Crippen LogP contribution is -2.78. The molecule has 1 amide bonds. The summed E-state index contributed by atoms with van der Waals surface area (Å²) in [5.41, 5.74) is 1.14. The van der Waals surface area contributed by atoms with Crippen LogP contribution in [0.4, 0.5) is 0 Å². The van der Waals surface area contributed by atoms with E-state index in [9.17, 15) is 15.0 Å². The van der Waals surface area contributed by atoms with E-state index in [0.717, 1.165) is 23.2 Å². The molecule has 0 aromatic heterocycles. The van der Waals surface area contributed by atoms with Crippen LogP contribution in [-0.2, 0) is 23.1 Å². The number of halogens is 2. The molecule has 2 aliphatic heterocycles. The number of likely N-dealkylation sites (tertiary alicyclic amines) is 1. The van der Waals surface area contributed by atoms with Gasteiger partial charge in [0.25, 0.3) is 0 Å². The highest BCUT2D eigenvalue weighted by Crippen LogP contribution is 2.65. The molecule has 2 aromatic carbocycles. The third-order valence-electron chi connectivity index (χ3n) is 9.14. The third-order valence-corrected chi connectivity index (χ3v) is 9.87. The fraction of sp³-hybridized carbons (Fsp3) is 0.464. The lowest BCUT2D eigenvalue weighted by atomic mass is 9.48. The smallest absolute Gasteiger partial charge is 0.227 e. The summed E-state index contributed by atoms with van der Waals surface area (Å²) in [6, 6.07) is 8.57. The Morgan fingerprint density at radius 2 is 2.08 bits per heavy atom. The van der Waals surface area contributed by atoms with Gasteiger partial charge in [-0.1, -0.05) is 41.4 Å². The van der Waals surface area contributed by atoms with Crippen molar-refractivity contribution >= 4 is 29.1 Å². The minimum absolute atomic E-state index is 0.0549. The molecule has 36 heavy (non-hydrogen) atoms. The number of phenols is 1. The van der Waals surface area contributed by atoms with Crippen molar-refractivity contribution in [3.8, 4) is 11.5 Å². The second-order valence-corrected chi connectivity index (χ2v) is 11.5. The molecule has 2 aromatic rings. The fourth-order valence-corrected chi connectivity index (χ4v) is 7.84. The van der Waals surface area contributed by atoms with Crippen molar-refractivity contribution in [2.24, 2.45) is 0 Å². The Morgan fingerprint density at radius 3 is 2.83 bits per heavy atom. The molecule has 0 radical (unpaired) electrons. The summed E-state index contributed by atoms with van der Waals surface area (Å²) < 4.78 is 6.56. The van der Waals surface area contributed by atoms with Crippen molar-refractivity contribution in [1.29, 1.82) is 0 Å². The zero-order valence-corrected chi connectivity index (χ0v) is 21.7.